The summed E-state index contributed by atoms with van der Waals surface area (Å²) in [5, 5.41) is 0.672. The van der Waals surface area contributed by atoms with Crippen LogP contribution in [-0.4, -0.2) is 30.6 Å². The molecule has 116 valence electrons. The van der Waals surface area contributed by atoms with E-state index in [2.05, 4.69) is 11.8 Å². The van der Waals surface area contributed by atoms with Gasteiger partial charge in [0.15, 0.2) is 0 Å². The van der Waals surface area contributed by atoms with E-state index in [1.807, 2.05) is 18.2 Å². The number of likely N-dealkylation sites (tertiary alicyclic amines) is 1. The van der Waals surface area contributed by atoms with Crippen LogP contribution in [0.15, 0.2) is 18.2 Å². The summed E-state index contributed by atoms with van der Waals surface area (Å²) in [6, 6.07) is 6.61. The average Bonchev–Trinajstić information content (AvgIpc) is 2.51. The van der Waals surface area contributed by atoms with Crippen molar-refractivity contribution in [2.75, 3.05) is 19.7 Å². The highest BCUT2D eigenvalue weighted by Crippen LogP contribution is 2.39. The molecule has 2 aliphatic heterocycles. The smallest absolute Gasteiger partial charge is 0.142 e. The molecule has 2 N–H and O–H groups in total. The van der Waals surface area contributed by atoms with Gasteiger partial charge in [0.05, 0.1) is 11.6 Å². The fraction of sp³-hybridized carbons (Fsp3) is 0.647. The SMILES string of the molecule is CCC1CCCCN1CC1COc2c(Cl)cccc2C1N. The largest absolute Gasteiger partial charge is 0.491 e. The quantitative estimate of drug-likeness (QED) is 0.927. The maximum atomic E-state index is 6.50. The molecule has 1 aromatic carbocycles. The lowest BCUT2D eigenvalue weighted by Gasteiger charge is -2.40. The van der Waals surface area contributed by atoms with Gasteiger partial charge in [-0.2, -0.15) is 0 Å². The van der Waals surface area contributed by atoms with Crippen LogP contribution in [0.4, 0.5) is 0 Å². The summed E-state index contributed by atoms with van der Waals surface area (Å²) in [4.78, 5) is 2.62. The van der Waals surface area contributed by atoms with E-state index in [4.69, 9.17) is 22.1 Å². The number of fused-ring (bicyclic) bond motifs is 1. The van der Waals surface area contributed by atoms with E-state index in [1.165, 1.54) is 32.2 Å². The number of halogens is 1. The standard InChI is InChI=1S/C17H25ClN2O/c1-2-13-6-3-4-9-20(13)10-12-11-21-17-14(16(12)19)7-5-8-15(17)18/h5,7-8,12-13,16H,2-4,6,9-11,19H2,1H3. The third kappa shape index (κ3) is 3.05. The summed E-state index contributed by atoms with van der Waals surface area (Å²) in [6.07, 6.45) is 5.22. The highest BCUT2D eigenvalue weighted by molar-refractivity contribution is 6.32. The number of piperidine rings is 1. The highest BCUT2D eigenvalue weighted by atomic mass is 35.5. The van der Waals surface area contributed by atoms with Gasteiger partial charge >= 0.3 is 0 Å². The van der Waals surface area contributed by atoms with Crippen molar-refractivity contribution in [3.63, 3.8) is 0 Å². The summed E-state index contributed by atoms with van der Waals surface area (Å²) in [5.41, 5.74) is 7.56. The van der Waals surface area contributed by atoms with E-state index >= 15 is 0 Å². The third-order valence-electron chi connectivity index (χ3n) is 5.00. The normalized spacial score (nSPS) is 29.8. The molecule has 1 aromatic rings. The van der Waals surface area contributed by atoms with Crippen molar-refractivity contribution in [2.24, 2.45) is 11.7 Å². The Balaban J connectivity index is 1.73. The molecule has 3 rings (SSSR count). The maximum Gasteiger partial charge on any atom is 0.142 e. The molecule has 2 heterocycles. The molecule has 21 heavy (non-hydrogen) atoms. The molecule has 0 amide bonds. The summed E-state index contributed by atoms with van der Waals surface area (Å²) < 4.78 is 5.91. The van der Waals surface area contributed by atoms with Crippen molar-refractivity contribution in [2.45, 2.75) is 44.7 Å². The van der Waals surface area contributed by atoms with Gasteiger partial charge in [0.25, 0.3) is 0 Å². The van der Waals surface area contributed by atoms with Crippen molar-refractivity contribution in [3.8, 4) is 5.75 Å². The van der Waals surface area contributed by atoms with E-state index in [0.29, 0.717) is 23.6 Å². The number of hydrogen-bond acceptors (Lipinski definition) is 3. The Morgan fingerprint density at radius 1 is 1.38 bits per heavy atom. The third-order valence-corrected chi connectivity index (χ3v) is 5.29. The lowest BCUT2D eigenvalue weighted by molar-refractivity contribution is 0.0852. The van der Waals surface area contributed by atoms with Crippen LogP contribution < -0.4 is 10.5 Å². The molecule has 0 aromatic heterocycles. The summed E-state index contributed by atoms with van der Waals surface area (Å²) in [7, 11) is 0. The Kier molecular flexibility index (Phi) is 4.72. The number of rotatable bonds is 3. The second kappa shape index (κ2) is 6.55. The Bertz CT molecular complexity index is 494. The predicted molar refractivity (Wildman–Crippen MR) is 86.9 cm³/mol. The molecule has 0 aliphatic carbocycles. The first kappa shape index (κ1) is 15.1. The van der Waals surface area contributed by atoms with Gasteiger partial charge in [-0.3, -0.25) is 4.90 Å². The monoisotopic (exact) mass is 308 g/mol. The van der Waals surface area contributed by atoms with E-state index < -0.39 is 0 Å². The molecule has 0 saturated carbocycles. The molecule has 4 heteroatoms. The molecular formula is C17H25ClN2O. The lowest BCUT2D eigenvalue weighted by Crippen LogP contribution is -2.46. The Hall–Kier alpha value is -0.770. The minimum absolute atomic E-state index is 0.0203. The molecule has 3 unspecified atom stereocenters. The van der Waals surface area contributed by atoms with Crippen LogP contribution in [0.3, 0.4) is 0 Å². The van der Waals surface area contributed by atoms with Gasteiger partial charge in [0.1, 0.15) is 5.75 Å². The van der Waals surface area contributed by atoms with Gasteiger partial charge in [-0.05, 0) is 31.9 Å². The van der Waals surface area contributed by atoms with Crippen molar-refractivity contribution in [3.05, 3.63) is 28.8 Å². The van der Waals surface area contributed by atoms with Crippen molar-refractivity contribution >= 4 is 11.6 Å². The molecule has 3 atom stereocenters. The highest BCUT2D eigenvalue weighted by Gasteiger charge is 2.32. The van der Waals surface area contributed by atoms with Gasteiger partial charge in [-0.15, -0.1) is 0 Å². The van der Waals surface area contributed by atoms with Crippen LogP contribution in [0.1, 0.15) is 44.2 Å². The molecule has 1 fully saturated rings. The lowest BCUT2D eigenvalue weighted by atomic mass is 9.89. The Labute approximate surface area is 132 Å². The van der Waals surface area contributed by atoms with Crippen LogP contribution in [0.5, 0.6) is 5.75 Å². The van der Waals surface area contributed by atoms with Gasteiger partial charge in [-0.25, -0.2) is 0 Å². The first-order chi connectivity index (χ1) is 10.2. The molecule has 3 nitrogen and oxygen atoms in total. The molecule has 0 bridgehead atoms. The van der Waals surface area contributed by atoms with Crippen molar-refractivity contribution < 1.29 is 4.74 Å². The van der Waals surface area contributed by atoms with E-state index in [-0.39, 0.29) is 6.04 Å². The van der Waals surface area contributed by atoms with Crippen LogP contribution in [0.2, 0.25) is 5.02 Å². The summed E-state index contributed by atoms with van der Waals surface area (Å²) >= 11 is 6.20. The number of ether oxygens (including phenoxy) is 1. The van der Waals surface area contributed by atoms with Crippen molar-refractivity contribution in [1.82, 2.24) is 4.90 Å². The fourth-order valence-electron chi connectivity index (χ4n) is 3.72. The average molecular weight is 309 g/mol. The number of nitrogens with zero attached hydrogens (tertiary/aromatic N) is 1. The molecule has 2 aliphatic rings. The van der Waals surface area contributed by atoms with Gasteiger partial charge in [0, 0.05) is 30.1 Å². The van der Waals surface area contributed by atoms with E-state index in [0.717, 1.165) is 17.9 Å². The Morgan fingerprint density at radius 3 is 3.05 bits per heavy atom. The summed E-state index contributed by atoms with van der Waals surface area (Å²) in [5.74, 6) is 1.14. The van der Waals surface area contributed by atoms with Gasteiger partial charge in [0.2, 0.25) is 0 Å². The van der Waals surface area contributed by atoms with Crippen LogP contribution in [0.25, 0.3) is 0 Å². The van der Waals surface area contributed by atoms with Crippen molar-refractivity contribution in [1.29, 1.82) is 0 Å². The number of benzene rings is 1. The van der Waals surface area contributed by atoms with Gasteiger partial charge < -0.3 is 10.5 Å². The predicted octanol–water partition coefficient (Wildman–Crippen LogP) is 3.61. The molecule has 1 saturated heterocycles. The summed E-state index contributed by atoms with van der Waals surface area (Å²) in [6.45, 7) is 5.19. The zero-order valence-corrected chi connectivity index (χ0v) is 13.5. The second-order valence-electron chi connectivity index (χ2n) is 6.31. The zero-order valence-electron chi connectivity index (χ0n) is 12.7. The number of para-hydroxylation sites is 1. The molecule has 0 spiro atoms. The van der Waals surface area contributed by atoms with E-state index in [9.17, 15) is 0 Å². The molecule has 0 radical (unpaired) electrons. The minimum atomic E-state index is 0.0203. The maximum absolute atomic E-state index is 6.50. The molecular weight excluding hydrogens is 284 g/mol. The number of nitrogens with two attached hydrogens (primary N) is 1. The number of hydrogen-bond donors (Lipinski definition) is 1. The fourth-order valence-corrected chi connectivity index (χ4v) is 3.95. The van der Waals surface area contributed by atoms with Gasteiger partial charge in [-0.1, -0.05) is 37.1 Å². The van der Waals surface area contributed by atoms with Crippen LogP contribution in [-0.2, 0) is 0 Å². The van der Waals surface area contributed by atoms with Crippen LogP contribution >= 0.6 is 11.6 Å². The second-order valence-corrected chi connectivity index (χ2v) is 6.72. The first-order valence-corrected chi connectivity index (χ1v) is 8.49. The topological polar surface area (TPSA) is 38.5 Å². The zero-order chi connectivity index (χ0) is 14.8. The first-order valence-electron chi connectivity index (χ1n) is 8.11. The van der Waals surface area contributed by atoms with Crippen LogP contribution in [0, 0.1) is 5.92 Å². The minimum Gasteiger partial charge on any atom is -0.491 e. The Morgan fingerprint density at radius 2 is 2.24 bits per heavy atom. The van der Waals surface area contributed by atoms with E-state index in [1.54, 1.807) is 0 Å².